The molecule has 2 heterocycles. The molecule has 132 valence electrons. The minimum atomic E-state index is -1.82. The molecule has 0 spiro atoms. The summed E-state index contributed by atoms with van der Waals surface area (Å²) in [6.07, 6.45) is 0.978. The molecule has 0 radical (unpaired) electrons. The first kappa shape index (κ1) is 17.8. The van der Waals surface area contributed by atoms with E-state index in [2.05, 4.69) is 11.9 Å². The molecule has 0 aliphatic carbocycles. The van der Waals surface area contributed by atoms with Crippen LogP contribution in [0.5, 0.6) is 17.2 Å². The number of aliphatic carboxylic acids is 2. The van der Waals surface area contributed by atoms with Crippen molar-refractivity contribution < 1.29 is 34.0 Å². The summed E-state index contributed by atoms with van der Waals surface area (Å²) in [6, 6.07) is 0. The molecule has 0 atom stereocenters. The zero-order valence-electron chi connectivity index (χ0n) is 13.5. The normalized spacial score (nSPS) is 15.1. The van der Waals surface area contributed by atoms with Crippen molar-refractivity contribution >= 4 is 11.9 Å². The first-order valence-corrected chi connectivity index (χ1v) is 7.25. The van der Waals surface area contributed by atoms with Gasteiger partial charge in [0, 0.05) is 30.8 Å². The average molecular weight is 340 g/mol. The van der Waals surface area contributed by atoms with Crippen LogP contribution in [0.3, 0.4) is 0 Å². The quantitative estimate of drug-likeness (QED) is 0.638. The van der Waals surface area contributed by atoms with Gasteiger partial charge < -0.3 is 35.1 Å². The number of rotatable bonds is 2. The average Bonchev–Trinajstić information content (AvgIpc) is 3.01. The van der Waals surface area contributed by atoms with Crippen molar-refractivity contribution in [1.29, 1.82) is 0 Å². The van der Waals surface area contributed by atoms with Crippen LogP contribution in [0.15, 0.2) is 0 Å². The molecule has 9 nitrogen and oxygen atoms in total. The molecule has 9 heteroatoms. The van der Waals surface area contributed by atoms with E-state index in [1.165, 1.54) is 11.1 Å². The van der Waals surface area contributed by atoms with Gasteiger partial charge in [-0.25, -0.2) is 9.59 Å². The van der Waals surface area contributed by atoms with Gasteiger partial charge in [-0.3, -0.25) is 0 Å². The van der Waals surface area contributed by atoms with E-state index in [9.17, 15) is 0 Å². The van der Waals surface area contributed by atoms with E-state index >= 15 is 0 Å². The van der Waals surface area contributed by atoms with Crippen LogP contribution in [0, 0.1) is 0 Å². The molecule has 2 aliphatic rings. The Bertz CT molecular complexity index is 648. The lowest BCUT2D eigenvalue weighted by Crippen LogP contribution is -2.28. The molecule has 0 amide bonds. The third kappa shape index (κ3) is 3.36. The first-order valence-electron chi connectivity index (χ1n) is 7.25. The zero-order valence-corrected chi connectivity index (χ0v) is 13.5. The Kier molecular flexibility index (Phi) is 5.47. The fraction of sp³-hybridized carbons (Fsp3) is 0.467. The molecule has 0 saturated carbocycles. The number of carboxylic acid groups (broad SMARTS) is 2. The summed E-state index contributed by atoms with van der Waals surface area (Å²) >= 11 is 0. The van der Waals surface area contributed by atoms with Crippen molar-refractivity contribution in [2.45, 2.75) is 19.5 Å². The maximum absolute atomic E-state index is 9.10. The molecule has 0 saturated heterocycles. The van der Waals surface area contributed by atoms with Crippen LogP contribution >= 0.6 is 0 Å². The predicted molar refractivity (Wildman–Crippen MR) is 82.3 cm³/mol. The molecule has 0 unspecified atom stereocenters. The number of hydrogen-bond acceptors (Lipinski definition) is 7. The highest BCUT2D eigenvalue weighted by molar-refractivity contribution is 6.27. The number of methoxy groups -OCH3 is 1. The number of likely N-dealkylation sites (N-methyl/N-ethyl adjacent to an activating group) is 1. The fourth-order valence-electron chi connectivity index (χ4n) is 2.82. The third-order valence-electron chi connectivity index (χ3n) is 3.86. The Morgan fingerprint density at radius 1 is 1.21 bits per heavy atom. The Labute approximate surface area is 138 Å². The second-order valence-electron chi connectivity index (χ2n) is 5.34. The monoisotopic (exact) mass is 340 g/mol. The van der Waals surface area contributed by atoms with E-state index in [1.807, 2.05) is 0 Å². The van der Waals surface area contributed by atoms with E-state index in [0.717, 1.165) is 36.6 Å². The minimum absolute atomic E-state index is 0.247. The Morgan fingerprint density at radius 2 is 1.83 bits per heavy atom. The van der Waals surface area contributed by atoms with Gasteiger partial charge in [0.25, 0.3) is 0 Å². The highest BCUT2D eigenvalue weighted by Crippen LogP contribution is 2.49. The molecule has 1 aromatic carbocycles. The van der Waals surface area contributed by atoms with Crippen LogP contribution in [-0.4, -0.2) is 54.5 Å². The molecular weight excluding hydrogens is 320 g/mol. The smallest absolute Gasteiger partial charge is 0.414 e. The number of nitrogens with zero attached hydrogens (tertiary/aromatic N) is 1. The summed E-state index contributed by atoms with van der Waals surface area (Å²) in [7, 11) is 3.78. The van der Waals surface area contributed by atoms with E-state index < -0.39 is 11.9 Å². The first-order chi connectivity index (χ1) is 11.4. The van der Waals surface area contributed by atoms with Crippen molar-refractivity contribution in [3.8, 4) is 17.2 Å². The van der Waals surface area contributed by atoms with Gasteiger partial charge in [0.15, 0.2) is 11.5 Å². The van der Waals surface area contributed by atoms with Gasteiger partial charge in [0.1, 0.15) is 0 Å². The molecule has 0 fully saturated rings. The van der Waals surface area contributed by atoms with Gasteiger partial charge >= 0.3 is 11.9 Å². The van der Waals surface area contributed by atoms with Gasteiger partial charge in [0.05, 0.1) is 7.11 Å². The van der Waals surface area contributed by atoms with Gasteiger partial charge in [-0.15, -0.1) is 0 Å². The van der Waals surface area contributed by atoms with E-state index in [-0.39, 0.29) is 6.79 Å². The van der Waals surface area contributed by atoms with Crippen molar-refractivity contribution in [3.05, 3.63) is 16.7 Å². The van der Waals surface area contributed by atoms with Crippen LogP contribution in [0.25, 0.3) is 0 Å². The van der Waals surface area contributed by atoms with Crippen LogP contribution in [0.1, 0.15) is 16.7 Å². The number of carboxylic acids is 2. The lowest BCUT2D eigenvalue weighted by Gasteiger charge is -2.29. The number of benzene rings is 1. The Hall–Kier alpha value is -2.52. The summed E-state index contributed by atoms with van der Waals surface area (Å²) in [5, 5.41) is 14.8. The van der Waals surface area contributed by atoms with Gasteiger partial charge in [-0.1, -0.05) is 0 Å². The van der Waals surface area contributed by atoms with E-state index in [0.29, 0.717) is 12.3 Å². The molecule has 2 aliphatic heterocycles. The number of nitrogens with two attached hydrogens (primary N) is 1. The van der Waals surface area contributed by atoms with Crippen molar-refractivity contribution in [2.24, 2.45) is 5.73 Å². The number of hydrogen-bond donors (Lipinski definition) is 3. The maximum atomic E-state index is 9.10. The lowest BCUT2D eigenvalue weighted by molar-refractivity contribution is -0.159. The lowest BCUT2D eigenvalue weighted by atomic mass is 9.92. The van der Waals surface area contributed by atoms with Crippen LogP contribution in [-0.2, 0) is 29.1 Å². The fourth-order valence-corrected chi connectivity index (χ4v) is 2.82. The molecule has 24 heavy (non-hydrogen) atoms. The van der Waals surface area contributed by atoms with Crippen LogP contribution in [0.2, 0.25) is 0 Å². The molecule has 0 bridgehead atoms. The summed E-state index contributed by atoms with van der Waals surface area (Å²) in [5.41, 5.74) is 9.42. The van der Waals surface area contributed by atoms with E-state index in [1.54, 1.807) is 7.11 Å². The second-order valence-corrected chi connectivity index (χ2v) is 5.34. The Balaban J connectivity index is 0.000000301. The van der Waals surface area contributed by atoms with Gasteiger partial charge in [-0.2, -0.15) is 0 Å². The number of ether oxygens (including phenoxy) is 3. The molecule has 0 aromatic heterocycles. The van der Waals surface area contributed by atoms with Crippen molar-refractivity contribution in [3.63, 3.8) is 0 Å². The highest BCUT2D eigenvalue weighted by Gasteiger charge is 2.31. The summed E-state index contributed by atoms with van der Waals surface area (Å²) in [5.74, 6) is -1.35. The van der Waals surface area contributed by atoms with Crippen molar-refractivity contribution in [1.82, 2.24) is 4.90 Å². The standard InChI is InChI=1S/C13H18N2O3.C2H2O4/c1-15-4-3-8-9(5-14)12-13(18-7-17-12)11(16-2)10(8)6-15;3-1(4)2(5)6/h3-7,14H2,1-2H3;(H,3,4)(H,5,6). The van der Waals surface area contributed by atoms with E-state index in [4.69, 9.17) is 39.7 Å². The number of fused-ring (bicyclic) bond motifs is 2. The molecule has 1 aromatic rings. The summed E-state index contributed by atoms with van der Waals surface area (Å²) in [4.78, 5) is 20.5. The molecule has 4 N–H and O–H groups in total. The topological polar surface area (TPSA) is 132 Å². The summed E-state index contributed by atoms with van der Waals surface area (Å²) < 4.78 is 16.6. The van der Waals surface area contributed by atoms with Crippen LogP contribution < -0.4 is 19.9 Å². The van der Waals surface area contributed by atoms with Crippen molar-refractivity contribution in [2.75, 3.05) is 27.5 Å². The Morgan fingerprint density at radius 3 is 2.38 bits per heavy atom. The van der Waals surface area contributed by atoms with Gasteiger partial charge in [0.2, 0.25) is 12.5 Å². The predicted octanol–water partition coefficient (Wildman–Crippen LogP) is 0.0261. The zero-order chi connectivity index (χ0) is 17.9. The second kappa shape index (κ2) is 7.37. The third-order valence-corrected chi connectivity index (χ3v) is 3.86. The molecule has 3 rings (SSSR count). The molecular formula is C15H20N2O7. The largest absolute Gasteiger partial charge is 0.492 e. The van der Waals surface area contributed by atoms with Crippen LogP contribution in [0.4, 0.5) is 0 Å². The SMILES string of the molecule is COc1c2c(c(CN)c3c1OCO3)CCN(C)C2.O=C(O)C(=O)O. The minimum Gasteiger partial charge on any atom is -0.492 e. The highest BCUT2D eigenvalue weighted by atomic mass is 16.7. The maximum Gasteiger partial charge on any atom is 0.414 e. The summed E-state index contributed by atoms with van der Waals surface area (Å²) in [6.45, 7) is 2.62. The number of carbonyl (C=O) groups is 2. The van der Waals surface area contributed by atoms with Gasteiger partial charge in [-0.05, 0) is 19.0 Å².